The van der Waals surface area contributed by atoms with Crippen molar-refractivity contribution in [3.8, 4) is 0 Å². The maximum atomic E-state index is 12.4. The van der Waals surface area contributed by atoms with E-state index in [4.69, 9.17) is 9.15 Å². The molecule has 1 aromatic rings. The third-order valence-corrected chi connectivity index (χ3v) is 3.93. The van der Waals surface area contributed by atoms with Crippen LogP contribution in [0.3, 0.4) is 0 Å². The Morgan fingerprint density at radius 1 is 1.16 bits per heavy atom. The van der Waals surface area contributed by atoms with Crippen molar-refractivity contribution >= 4 is 11.9 Å². The van der Waals surface area contributed by atoms with Crippen LogP contribution in [-0.2, 0) is 20.8 Å². The minimum Gasteiger partial charge on any atom is -0.464 e. The molecule has 0 saturated heterocycles. The molecule has 0 unspecified atom stereocenters. The van der Waals surface area contributed by atoms with E-state index in [-0.39, 0.29) is 18.1 Å². The smallest absolute Gasteiger partial charge is 0.360 e. The van der Waals surface area contributed by atoms with Crippen LogP contribution < -0.4 is 0 Å². The summed E-state index contributed by atoms with van der Waals surface area (Å²) in [7, 11) is 2.88. The lowest BCUT2D eigenvalue weighted by molar-refractivity contribution is -0.132. The lowest BCUT2D eigenvalue weighted by atomic mass is 10.1. The van der Waals surface area contributed by atoms with Crippen LogP contribution in [0.25, 0.3) is 0 Å². The number of unbranched alkanes of at least 4 members (excludes halogenated alkanes) is 5. The van der Waals surface area contributed by atoms with Gasteiger partial charge in [0.05, 0.1) is 20.3 Å². The second kappa shape index (κ2) is 12.5. The van der Waals surface area contributed by atoms with Crippen molar-refractivity contribution in [2.24, 2.45) is 0 Å². The van der Waals surface area contributed by atoms with Crippen LogP contribution in [-0.4, -0.2) is 49.1 Å². The average molecular weight is 354 g/mol. The van der Waals surface area contributed by atoms with Crippen LogP contribution >= 0.6 is 0 Å². The Morgan fingerprint density at radius 2 is 1.88 bits per heavy atom. The van der Waals surface area contributed by atoms with Gasteiger partial charge in [0.1, 0.15) is 6.26 Å². The van der Waals surface area contributed by atoms with Crippen molar-refractivity contribution in [1.29, 1.82) is 0 Å². The summed E-state index contributed by atoms with van der Waals surface area (Å²) in [5.41, 5.74) is 0.104. The maximum Gasteiger partial charge on any atom is 0.360 e. The molecule has 0 aliphatic carbocycles. The lowest BCUT2D eigenvalue weighted by Crippen LogP contribution is -2.33. The number of amides is 1. The van der Waals surface area contributed by atoms with E-state index in [0.717, 1.165) is 12.8 Å². The summed E-state index contributed by atoms with van der Waals surface area (Å²) < 4.78 is 14.9. The third kappa shape index (κ3) is 8.16. The summed E-state index contributed by atoms with van der Waals surface area (Å²) in [5, 5.41) is 0. The quantitative estimate of drug-likeness (QED) is 0.400. The molecule has 142 valence electrons. The van der Waals surface area contributed by atoms with Gasteiger partial charge in [-0.1, -0.05) is 39.0 Å². The van der Waals surface area contributed by atoms with Crippen LogP contribution in [0.5, 0.6) is 0 Å². The molecule has 0 bridgehead atoms. The van der Waals surface area contributed by atoms with Crippen LogP contribution in [0.2, 0.25) is 0 Å². The monoisotopic (exact) mass is 354 g/mol. The summed E-state index contributed by atoms with van der Waals surface area (Å²) >= 11 is 0. The van der Waals surface area contributed by atoms with E-state index >= 15 is 0 Å². The largest absolute Gasteiger partial charge is 0.464 e. The van der Waals surface area contributed by atoms with Crippen LogP contribution in [0.15, 0.2) is 10.7 Å². The summed E-state index contributed by atoms with van der Waals surface area (Å²) in [6.07, 6.45) is 8.55. The highest BCUT2D eigenvalue weighted by Crippen LogP contribution is 2.11. The van der Waals surface area contributed by atoms with E-state index in [1.165, 1.54) is 39.1 Å². The number of carbonyl (C=O) groups excluding carboxylic acids is 2. The van der Waals surface area contributed by atoms with Gasteiger partial charge >= 0.3 is 5.97 Å². The zero-order chi connectivity index (χ0) is 18.5. The predicted octanol–water partition coefficient (Wildman–Crippen LogP) is 3.19. The molecule has 0 aliphatic heterocycles. The third-order valence-electron chi connectivity index (χ3n) is 3.93. The summed E-state index contributed by atoms with van der Waals surface area (Å²) in [4.78, 5) is 29.6. The molecule has 7 heteroatoms. The number of ether oxygens (including phenoxy) is 2. The maximum absolute atomic E-state index is 12.4. The zero-order valence-electron chi connectivity index (χ0n) is 15.6. The SMILES string of the molecule is CCCCCCCCC(=O)N(CCOC)Cc1nc(C(=O)OC)co1. The molecule has 1 heterocycles. The zero-order valence-corrected chi connectivity index (χ0v) is 15.6. The predicted molar refractivity (Wildman–Crippen MR) is 93.1 cm³/mol. The molecular formula is C18H30N2O5. The van der Waals surface area contributed by atoms with Crippen molar-refractivity contribution in [1.82, 2.24) is 9.88 Å². The molecule has 0 aromatic carbocycles. The number of aromatic nitrogens is 1. The van der Waals surface area contributed by atoms with Crippen molar-refractivity contribution in [2.75, 3.05) is 27.4 Å². The first-order valence-electron chi connectivity index (χ1n) is 8.91. The highest BCUT2D eigenvalue weighted by atomic mass is 16.5. The molecule has 25 heavy (non-hydrogen) atoms. The summed E-state index contributed by atoms with van der Waals surface area (Å²) in [6, 6.07) is 0. The number of methoxy groups -OCH3 is 2. The van der Waals surface area contributed by atoms with Gasteiger partial charge in [0.15, 0.2) is 5.69 Å². The lowest BCUT2D eigenvalue weighted by Gasteiger charge is -2.20. The van der Waals surface area contributed by atoms with Crippen molar-refractivity contribution in [3.05, 3.63) is 17.8 Å². The molecule has 0 N–H and O–H groups in total. The fourth-order valence-electron chi connectivity index (χ4n) is 2.45. The minimum atomic E-state index is -0.558. The van der Waals surface area contributed by atoms with Gasteiger partial charge in [-0.2, -0.15) is 0 Å². The molecule has 0 fully saturated rings. The van der Waals surface area contributed by atoms with Gasteiger partial charge in [0, 0.05) is 20.1 Å². The molecular weight excluding hydrogens is 324 g/mol. The fraction of sp³-hybridized carbons (Fsp3) is 0.722. The second-order valence-electron chi connectivity index (χ2n) is 5.94. The second-order valence-corrected chi connectivity index (χ2v) is 5.94. The van der Waals surface area contributed by atoms with Gasteiger partial charge < -0.3 is 18.8 Å². The van der Waals surface area contributed by atoms with E-state index in [2.05, 4.69) is 16.6 Å². The highest BCUT2D eigenvalue weighted by molar-refractivity contribution is 5.86. The topological polar surface area (TPSA) is 81.9 Å². The Balaban J connectivity index is 2.50. The van der Waals surface area contributed by atoms with E-state index < -0.39 is 5.97 Å². The molecule has 1 aromatic heterocycles. The van der Waals surface area contributed by atoms with Crippen LogP contribution in [0, 0.1) is 0 Å². The number of rotatable bonds is 13. The standard InChI is InChI=1S/C18H30N2O5/c1-4-5-6-7-8-9-10-17(21)20(11-12-23-2)13-16-19-15(14-25-16)18(22)24-3/h14H,4-13H2,1-3H3. The van der Waals surface area contributed by atoms with E-state index in [0.29, 0.717) is 25.5 Å². The van der Waals surface area contributed by atoms with Gasteiger partial charge in [0.25, 0.3) is 0 Å². The highest BCUT2D eigenvalue weighted by Gasteiger charge is 2.18. The number of hydrogen-bond acceptors (Lipinski definition) is 6. The Morgan fingerprint density at radius 3 is 2.56 bits per heavy atom. The number of hydrogen-bond donors (Lipinski definition) is 0. The van der Waals surface area contributed by atoms with Crippen molar-refractivity contribution in [2.45, 2.75) is 58.4 Å². The van der Waals surface area contributed by atoms with Crippen molar-refractivity contribution < 1.29 is 23.5 Å². The summed E-state index contributed by atoms with van der Waals surface area (Å²) in [5.74, 6) is -0.199. The van der Waals surface area contributed by atoms with Gasteiger partial charge in [-0.25, -0.2) is 9.78 Å². The van der Waals surface area contributed by atoms with E-state index in [1.807, 2.05) is 0 Å². The van der Waals surface area contributed by atoms with E-state index in [9.17, 15) is 9.59 Å². The molecule has 1 rings (SSSR count). The molecule has 0 atom stereocenters. The van der Waals surface area contributed by atoms with Gasteiger partial charge in [-0.05, 0) is 6.42 Å². The van der Waals surface area contributed by atoms with Crippen LogP contribution in [0.4, 0.5) is 0 Å². The summed E-state index contributed by atoms with van der Waals surface area (Å²) in [6.45, 7) is 3.30. The fourth-order valence-corrected chi connectivity index (χ4v) is 2.45. The first-order valence-corrected chi connectivity index (χ1v) is 8.91. The van der Waals surface area contributed by atoms with Gasteiger partial charge in [-0.15, -0.1) is 0 Å². The Kier molecular flexibility index (Phi) is 10.6. The van der Waals surface area contributed by atoms with Gasteiger partial charge in [0.2, 0.25) is 11.8 Å². The molecule has 0 spiro atoms. The Labute approximate surface area is 149 Å². The molecule has 7 nitrogen and oxygen atoms in total. The first-order chi connectivity index (χ1) is 12.1. The van der Waals surface area contributed by atoms with Crippen LogP contribution in [0.1, 0.15) is 68.2 Å². The van der Waals surface area contributed by atoms with Crippen molar-refractivity contribution in [3.63, 3.8) is 0 Å². The van der Waals surface area contributed by atoms with E-state index in [1.54, 1.807) is 12.0 Å². The van der Waals surface area contributed by atoms with Gasteiger partial charge in [-0.3, -0.25) is 4.79 Å². The number of oxazole rings is 1. The number of nitrogens with zero attached hydrogens (tertiary/aromatic N) is 2. The molecule has 0 saturated carbocycles. The number of carbonyl (C=O) groups is 2. The normalized spacial score (nSPS) is 10.7. The molecule has 0 aliphatic rings. The average Bonchev–Trinajstić information content (AvgIpc) is 3.09. The first kappa shape index (κ1) is 21.2. The Hall–Kier alpha value is -1.89. The molecule has 1 amide bonds. The minimum absolute atomic E-state index is 0.0466. The number of esters is 1. The molecule has 0 radical (unpaired) electrons. The Bertz CT molecular complexity index is 515.